The monoisotopic (exact) mass is 238 g/mol. The second-order valence-electron chi connectivity index (χ2n) is 4.19. The number of rotatable bonds is 6. The summed E-state index contributed by atoms with van der Waals surface area (Å²) in [6.07, 6.45) is 2.04. The summed E-state index contributed by atoms with van der Waals surface area (Å²) in [6, 6.07) is 6.06. The van der Waals surface area contributed by atoms with Crippen LogP contribution in [0.1, 0.15) is 33.1 Å². The van der Waals surface area contributed by atoms with E-state index in [1.807, 2.05) is 13.8 Å². The smallest absolute Gasteiger partial charge is 0.243 e. The maximum atomic E-state index is 13.1. The third-order valence-electron chi connectivity index (χ3n) is 2.96. The molecule has 0 bridgehead atoms. The summed E-state index contributed by atoms with van der Waals surface area (Å²) in [5.74, 6) is -0.730. The average molecular weight is 238 g/mol. The van der Waals surface area contributed by atoms with E-state index < -0.39 is 11.4 Å². The Kier molecular flexibility index (Phi) is 4.49. The first-order valence-corrected chi connectivity index (χ1v) is 5.87. The molecule has 0 aliphatic rings. The third-order valence-corrected chi connectivity index (χ3v) is 2.96. The number of primary amides is 1. The number of halogens is 1. The van der Waals surface area contributed by atoms with Crippen molar-refractivity contribution in [3.63, 3.8) is 0 Å². The van der Waals surface area contributed by atoms with Gasteiger partial charge in [0.05, 0.1) is 0 Å². The van der Waals surface area contributed by atoms with E-state index in [0.717, 1.165) is 6.42 Å². The highest BCUT2D eigenvalue weighted by Gasteiger charge is 2.33. The largest absolute Gasteiger partial charge is 0.371 e. The number of carbonyl (C=O) groups is 1. The molecule has 1 rings (SSSR count). The first-order chi connectivity index (χ1) is 8.04. The Labute approximate surface area is 101 Å². The predicted molar refractivity (Wildman–Crippen MR) is 67.1 cm³/mol. The van der Waals surface area contributed by atoms with Crippen molar-refractivity contribution in [1.29, 1.82) is 0 Å². The Morgan fingerprint density at radius 1 is 1.47 bits per heavy atom. The van der Waals surface area contributed by atoms with Crippen LogP contribution in [0.4, 0.5) is 10.1 Å². The second-order valence-corrected chi connectivity index (χ2v) is 4.19. The Hall–Kier alpha value is -1.58. The maximum absolute atomic E-state index is 13.1. The van der Waals surface area contributed by atoms with Crippen molar-refractivity contribution < 1.29 is 9.18 Å². The number of anilines is 1. The number of carbonyl (C=O) groups excluding carboxylic acids is 1. The first kappa shape index (κ1) is 13.5. The third kappa shape index (κ3) is 3.19. The molecular formula is C13H19FN2O. The van der Waals surface area contributed by atoms with Crippen LogP contribution < -0.4 is 11.1 Å². The summed E-state index contributed by atoms with van der Waals surface area (Å²) in [6.45, 7) is 3.88. The lowest BCUT2D eigenvalue weighted by Crippen LogP contribution is -2.50. The topological polar surface area (TPSA) is 55.1 Å². The fourth-order valence-corrected chi connectivity index (χ4v) is 1.96. The van der Waals surface area contributed by atoms with Crippen molar-refractivity contribution in [2.24, 2.45) is 5.73 Å². The Morgan fingerprint density at radius 2 is 2.18 bits per heavy atom. The van der Waals surface area contributed by atoms with Crippen LogP contribution in [-0.4, -0.2) is 11.4 Å². The van der Waals surface area contributed by atoms with Crippen LogP contribution in [0, 0.1) is 5.82 Å². The molecule has 0 saturated carbocycles. The van der Waals surface area contributed by atoms with Crippen LogP contribution in [0.25, 0.3) is 0 Å². The normalized spacial score (nSPS) is 14.1. The standard InChI is InChI=1S/C13H19FN2O/c1-3-8-13(4-2,12(15)17)16-11-7-5-6-10(14)9-11/h5-7,9,16H,3-4,8H2,1-2H3,(H2,15,17). The number of hydrogen-bond acceptors (Lipinski definition) is 2. The van der Waals surface area contributed by atoms with Gasteiger partial charge in [-0.1, -0.05) is 26.3 Å². The minimum absolute atomic E-state index is 0.332. The zero-order valence-corrected chi connectivity index (χ0v) is 10.3. The van der Waals surface area contributed by atoms with E-state index in [9.17, 15) is 9.18 Å². The molecule has 4 heteroatoms. The first-order valence-electron chi connectivity index (χ1n) is 5.87. The van der Waals surface area contributed by atoms with E-state index in [4.69, 9.17) is 5.73 Å². The lowest BCUT2D eigenvalue weighted by molar-refractivity contribution is -0.122. The molecule has 1 unspecified atom stereocenters. The van der Waals surface area contributed by atoms with Crippen molar-refractivity contribution in [3.8, 4) is 0 Å². The van der Waals surface area contributed by atoms with Crippen LogP contribution in [0.2, 0.25) is 0 Å². The van der Waals surface area contributed by atoms with Gasteiger partial charge in [-0.15, -0.1) is 0 Å². The van der Waals surface area contributed by atoms with Gasteiger partial charge in [-0.25, -0.2) is 4.39 Å². The van der Waals surface area contributed by atoms with Crippen molar-refractivity contribution in [3.05, 3.63) is 30.1 Å². The summed E-state index contributed by atoms with van der Waals surface area (Å²) >= 11 is 0. The van der Waals surface area contributed by atoms with Gasteiger partial charge in [0, 0.05) is 5.69 Å². The summed E-state index contributed by atoms with van der Waals surface area (Å²) in [4.78, 5) is 11.6. The fraction of sp³-hybridized carbons (Fsp3) is 0.462. The molecule has 0 saturated heterocycles. The van der Waals surface area contributed by atoms with E-state index in [1.165, 1.54) is 12.1 Å². The molecule has 3 nitrogen and oxygen atoms in total. The average Bonchev–Trinajstić information content (AvgIpc) is 2.28. The van der Waals surface area contributed by atoms with Gasteiger partial charge in [0.25, 0.3) is 0 Å². The van der Waals surface area contributed by atoms with Gasteiger partial charge in [0.2, 0.25) is 5.91 Å². The van der Waals surface area contributed by atoms with Crippen LogP contribution >= 0.6 is 0 Å². The van der Waals surface area contributed by atoms with E-state index >= 15 is 0 Å². The maximum Gasteiger partial charge on any atom is 0.243 e. The van der Waals surface area contributed by atoms with E-state index in [2.05, 4.69) is 5.32 Å². The summed E-state index contributed by atoms with van der Waals surface area (Å²) in [5, 5.41) is 3.07. The lowest BCUT2D eigenvalue weighted by atomic mass is 9.89. The molecule has 1 amide bonds. The highest BCUT2D eigenvalue weighted by molar-refractivity contribution is 5.87. The van der Waals surface area contributed by atoms with Gasteiger partial charge in [-0.3, -0.25) is 4.79 Å². The van der Waals surface area contributed by atoms with E-state index in [0.29, 0.717) is 18.5 Å². The molecule has 0 spiro atoms. The van der Waals surface area contributed by atoms with Crippen LogP contribution in [0.5, 0.6) is 0 Å². The van der Waals surface area contributed by atoms with Gasteiger partial charge in [-0.05, 0) is 31.0 Å². The fourth-order valence-electron chi connectivity index (χ4n) is 1.96. The minimum Gasteiger partial charge on any atom is -0.371 e. The van der Waals surface area contributed by atoms with Gasteiger partial charge in [-0.2, -0.15) is 0 Å². The second kappa shape index (κ2) is 5.66. The highest BCUT2D eigenvalue weighted by atomic mass is 19.1. The SMILES string of the molecule is CCCC(CC)(Nc1cccc(F)c1)C(N)=O. The minimum atomic E-state index is -0.789. The molecule has 1 aromatic rings. The van der Waals surface area contributed by atoms with Gasteiger partial charge < -0.3 is 11.1 Å². The molecule has 0 fully saturated rings. The number of hydrogen-bond donors (Lipinski definition) is 2. The molecule has 0 aliphatic heterocycles. The van der Waals surface area contributed by atoms with Crippen molar-refractivity contribution in [1.82, 2.24) is 0 Å². The van der Waals surface area contributed by atoms with Crippen LogP contribution in [0.3, 0.4) is 0 Å². The Bertz CT molecular complexity index is 395. The number of benzene rings is 1. The van der Waals surface area contributed by atoms with Crippen molar-refractivity contribution in [2.45, 2.75) is 38.6 Å². The quantitative estimate of drug-likeness (QED) is 0.800. The zero-order chi connectivity index (χ0) is 12.9. The molecular weight excluding hydrogens is 219 g/mol. The van der Waals surface area contributed by atoms with Crippen LogP contribution in [-0.2, 0) is 4.79 Å². The molecule has 17 heavy (non-hydrogen) atoms. The molecule has 0 radical (unpaired) electrons. The number of amides is 1. The van der Waals surface area contributed by atoms with Gasteiger partial charge in [0.15, 0.2) is 0 Å². The molecule has 0 aliphatic carbocycles. The Morgan fingerprint density at radius 3 is 2.65 bits per heavy atom. The summed E-state index contributed by atoms with van der Waals surface area (Å²) in [5.41, 5.74) is 5.25. The summed E-state index contributed by atoms with van der Waals surface area (Å²) in [7, 11) is 0. The Balaban J connectivity index is 2.96. The summed E-state index contributed by atoms with van der Waals surface area (Å²) < 4.78 is 13.1. The van der Waals surface area contributed by atoms with Gasteiger partial charge >= 0.3 is 0 Å². The molecule has 1 atom stereocenters. The van der Waals surface area contributed by atoms with E-state index in [-0.39, 0.29) is 5.82 Å². The number of nitrogens with two attached hydrogens (primary N) is 1. The molecule has 94 valence electrons. The molecule has 0 aromatic heterocycles. The van der Waals surface area contributed by atoms with Crippen molar-refractivity contribution in [2.75, 3.05) is 5.32 Å². The van der Waals surface area contributed by atoms with E-state index in [1.54, 1.807) is 12.1 Å². The highest BCUT2D eigenvalue weighted by Crippen LogP contribution is 2.24. The van der Waals surface area contributed by atoms with Gasteiger partial charge in [0.1, 0.15) is 11.4 Å². The molecule has 1 aromatic carbocycles. The zero-order valence-electron chi connectivity index (χ0n) is 10.3. The van der Waals surface area contributed by atoms with Crippen LogP contribution in [0.15, 0.2) is 24.3 Å². The molecule has 3 N–H and O–H groups in total. The molecule has 0 heterocycles. The number of nitrogens with one attached hydrogen (secondary N) is 1. The van der Waals surface area contributed by atoms with Crippen molar-refractivity contribution >= 4 is 11.6 Å². The predicted octanol–water partition coefficient (Wildman–Crippen LogP) is 2.67. The lowest BCUT2D eigenvalue weighted by Gasteiger charge is -2.31.